The number of Topliss-reactive ketones (excluding diaryl/α,β-unsaturated/α-hetero) is 2. The van der Waals surface area contributed by atoms with Crippen molar-refractivity contribution in [3.8, 4) is 0 Å². The molecule has 0 rings (SSSR count). The van der Waals surface area contributed by atoms with Gasteiger partial charge in [-0.05, 0) is 11.8 Å². The lowest BCUT2D eigenvalue weighted by molar-refractivity contribution is -0.149. The molecule has 104 valence electrons. The van der Waals surface area contributed by atoms with E-state index in [1.807, 2.05) is 0 Å². The van der Waals surface area contributed by atoms with Crippen molar-refractivity contribution in [2.75, 3.05) is 0 Å². The van der Waals surface area contributed by atoms with E-state index in [-0.39, 0.29) is 24.7 Å². The van der Waals surface area contributed by atoms with Gasteiger partial charge in [0.1, 0.15) is 0 Å². The Bertz CT molecular complexity index is 285. The Hall–Kier alpha value is -1.72. The lowest BCUT2D eigenvalue weighted by Gasteiger charge is -1.97. The van der Waals surface area contributed by atoms with E-state index in [0.29, 0.717) is 0 Å². The number of carbonyl (C=O) groups is 4. The molecule has 6 heteroatoms. The van der Waals surface area contributed by atoms with Crippen molar-refractivity contribution in [2.45, 2.75) is 40.5 Å². The molecule has 0 fully saturated rings. The molecule has 0 atom stereocenters. The molecule has 0 aliphatic carbocycles. The third-order valence-electron chi connectivity index (χ3n) is 1.66. The maximum Gasteiger partial charge on any atom is 0.372 e. The summed E-state index contributed by atoms with van der Waals surface area (Å²) in [4.78, 5) is 40.5. The van der Waals surface area contributed by atoms with E-state index in [0.717, 1.165) is 0 Å². The van der Waals surface area contributed by atoms with Crippen LogP contribution < -0.4 is 0 Å². The molecule has 2 N–H and O–H groups in total. The average Bonchev–Trinajstić information content (AvgIpc) is 2.16. The fraction of sp³-hybridized carbons (Fsp3) is 0.667. The molecule has 0 aromatic rings. The van der Waals surface area contributed by atoms with Crippen LogP contribution in [0, 0.1) is 11.8 Å². The van der Waals surface area contributed by atoms with Crippen molar-refractivity contribution in [3.05, 3.63) is 0 Å². The first-order valence-electron chi connectivity index (χ1n) is 5.60. The highest BCUT2D eigenvalue weighted by Gasteiger charge is 2.12. The van der Waals surface area contributed by atoms with Crippen molar-refractivity contribution >= 4 is 23.5 Å². The summed E-state index contributed by atoms with van der Waals surface area (Å²) in [5.41, 5.74) is 0. The summed E-state index contributed by atoms with van der Waals surface area (Å²) >= 11 is 0. The summed E-state index contributed by atoms with van der Waals surface area (Å²) in [7, 11) is 0. The molecule has 0 aromatic heterocycles. The third kappa shape index (κ3) is 12.4. The second kappa shape index (κ2) is 9.32. The zero-order valence-corrected chi connectivity index (χ0v) is 11.1. The van der Waals surface area contributed by atoms with Crippen LogP contribution in [0.15, 0.2) is 0 Å². The molecule has 6 nitrogen and oxygen atoms in total. The fourth-order valence-corrected chi connectivity index (χ4v) is 0.916. The Morgan fingerprint density at radius 3 is 1.00 bits per heavy atom. The molecular formula is C12H20O6. The van der Waals surface area contributed by atoms with Gasteiger partial charge in [-0.15, -0.1) is 0 Å². The predicted molar refractivity (Wildman–Crippen MR) is 64.2 cm³/mol. The Labute approximate surface area is 106 Å². The summed E-state index contributed by atoms with van der Waals surface area (Å²) in [6, 6.07) is 0. The first-order chi connectivity index (χ1) is 8.07. The van der Waals surface area contributed by atoms with Crippen LogP contribution >= 0.6 is 0 Å². The smallest absolute Gasteiger partial charge is 0.372 e. The summed E-state index contributed by atoms with van der Waals surface area (Å²) in [5, 5.41) is 16.2. The van der Waals surface area contributed by atoms with Gasteiger partial charge in [0.2, 0.25) is 11.6 Å². The highest BCUT2D eigenvalue weighted by molar-refractivity contribution is 6.33. The maximum atomic E-state index is 10.4. The summed E-state index contributed by atoms with van der Waals surface area (Å²) in [6.45, 7) is 7.23. The van der Waals surface area contributed by atoms with Crippen LogP contribution in [0.5, 0.6) is 0 Å². The summed E-state index contributed by atoms with van der Waals surface area (Å²) < 4.78 is 0. The molecule has 0 aliphatic heterocycles. The molecule has 0 aromatic carbocycles. The summed E-state index contributed by atoms with van der Waals surface area (Å²) in [6.07, 6.45) is 0.269. The first-order valence-corrected chi connectivity index (χ1v) is 5.60. The number of hydrogen-bond donors (Lipinski definition) is 2. The van der Waals surface area contributed by atoms with Crippen LogP contribution in [0.25, 0.3) is 0 Å². The quantitative estimate of drug-likeness (QED) is 0.698. The molecule has 0 radical (unpaired) electrons. The van der Waals surface area contributed by atoms with Crippen molar-refractivity contribution in [1.82, 2.24) is 0 Å². The van der Waals surface area contributed by atoms with E-state index in [2.05, 4.69) is 0 Å². The van der Waals surface area contributed by atoms with Crippen molar-refractivity contribution in [2.24, 2.45) is 11.8 Å². The molecule has 0 bridgehead atoms. The van der Waals surface area contributed by atoms with Gasteiger partial charge in [0.05, 0.1) is 0 Å². The van der Waals surface area contributed by atoms with E-state index in [9.17, 15) is 19.2 Å². The highest BCUT2D eigenvalue weighted by atomic mass is 16.4. The predicted octanol–water partition coefficient (Wildman–Crippen LogP) is 1.37. The molecule has 0 spiro atoms. The molecule has 0 unspecified atom stereocenters. The number of carboxylic acids is 2. The Morgan fingerprint density at radius 2 is 0.944 bits per heavy atom. The topological polar surface area (TPSA) is 109 Å². The lowest BCUT2D eigenvalue weighted by Crippen LogP contribution is -2.14. The van der Waals surface area contributed by atoms with Crippen LogP contribution in [0.2, 0.25) is 0 Å². The van der Waals surface area contributed by atoms with Gasteiger partial charge in [-0.2, -0.15) is 0 Å². The maximum absolute atomic E-state index is 10.4. The highest BCUT2D eigenvalue weighted by Crippen LogP contribution is 1.99. The van der Waals surface area contributed by atoms with E-state index in [1.54, 1.807) is 27.7 Å². The molecule has 0 heterocycles. The van der Waals surface area contributed by atoms with Gasteiger partial charge in [0.15, 0.2) is 0 Å². The van der Waals surface area contributed by atoms with E-state index < -0.39 is 23.5 Å². The SMILES string of the molecule is CC(C)CC(=O)C(=O)O.CC(C)CC(=O)C(=O)O. The third-order valence-corrected chi connectivity index (χ3v) is 1.66. The Balaban J connectivity index is 0. The molecule has 0 amide bonds. The molecule has 18 heavy (non-hydrogen) atoms. The zero-order chi connectivity index (χ0) is 14.9. The number of carboxylic acid groups (broad SMARTS) is 2. The number of carbonyl (C=O) groups excluding carboxylic acids is 2. The number of hydrogen-bond acceptors (Lipinski definition) is 4. The molecule has 0 saturated heterocycles. The minimum Gasteiger partial charge on any atom is -0.476 e. The van der Waals surface area contributed by atoms with Gasteiger partial charge in [-0.3, -0.25) is 9.59 Å². The van der Waals surface area contributed by atoms with Gasteiger partial charge in [0, 0.05) is 12.8 Å². The Morgan fingerprint density at radius 1 is 0.722 bits per heavy atom. The average molecular weight is 260 g/mol. The van der Waals surface area contributed by atoms with Crippen molar-refractivity contribution in [1.29, 1.82) is 0 Å². The van der Waals surface area contributed by atoms with Gasteiger partial charge < -0.3 is 10.2 Å². The minimum absolute atomic E-state index is 0.133. The van der Waals surface area contributed by atoms with Crippen molar-refractivity contribution < 1.29 is 29.4 Å². The van der Waals surface area contributed by atoms with Crippen LogP contribution in [-0.2, 0) is 19.2 Å². The molecule has 0 aliphatic rings. The van der Waals surface area contributed by atoms with Gasteiger partial charge >= 0.3 is 11.9 Å². The van der Waals surface area contributed by atoms with Crippen LogP contribution in [0.4, 0.5) is 0 Å². The largest absolute Gasteiger partial charge is 0.476 e. The lowest BCUT2D eigenvalue weighted by atomic mass is 10.1. The fourth-order valence-electron chi connectivity index (χ4n) is 0.916. The minimum atomic E-state index is -1.33. The van der Waals surface area contributed by atoms with Gasteiger partial charge in [-0.1, -0.05) is 27.7 Å². The van der Waals surface area contributed by atoms with Crippen molar-refractivity contribution in [3.63, 3.8) is 0 Å². The number of rotatable bonds is 6. The Kier molecular flexibility index (Phi) is 9.66. The van der Waals surface area contributed by atoms with E-state index in [1.165, 1.54) is 0 Å². The van der Waals surface area contributed by atoms with E-state index >= 15 is 0 Å². The number of ketones is 2. The second-order valence-electron chi connectivity index (χ2n) is 4.65. The zero-order valence-electron chi connectivity index (χ0n) is 11.1. The molecule has 0 saturated carbocycles. The molecular weight excluding hydrogens is 240 g/mol. The van der Waals surface area contributed by atoms with Crippen LogP contribution in [0.1, 0.15) is 40.5 Å². The standard InChI is InChI=1S/2C6H10O3/c2*1-4(2)3-5(7)6(8)9/h2*4H,3H2,1-2H3,(H,8,9). The van der Waals surface area contributed by atoms with Gasteiger partial charge in [0.25, 0.3) is 0 Å². The summed E-state index contributed by atoms with van der Waals surface area (Å²) in [5.74, 6) is -3.80. The van der Waals surface area contributed by atoms with Gasteiger partial charge in [-0.25, -0.2) is 9.59 Å². The van der Waals surface area contributed by atoms with Crippen LogP contribution in [0.3, 0.4) is 0 Å². The normalized spacial score (nSPS) is 9.67. The van der Waals surface area contributed by atoms with E-state index in [4.69, 9.17) is 10.2 Å². The second-order valence-corrected chi connectivity index (χ2v) is 4.65. The first kappa shape index (κ1) is 18.6. The monoisotopic (exact) mass is 260 g/mol. The number of aliphatic carboxylic acids is 2. The van der Waals surface area contributed by atoms with Crippen LogP contribution in [-0.4, -0.2) is 33.7 Å².